The van der Waals surface area contributed by atoms with E-state index in [0.29, 0.717) is 5.16 Å². The van der Waals surface area contributed by atoms with E-state index in [4.69, 9.17) is 0 Å². The molecule has 2 rings (SSSR count). The van der Waals surface area contributed by atoms with Crippen LogP contribution in [0.25, 0.3) is 0 Å². The van der Waals surface area contributed by atoms with E-state index < -0.39 is 6.10 Å². The Morgan fingerprint density at radius 2 is 2.06 bits per heavy atom. The molecule has 0 aromatic carbocycles. The van der Waals surface area contributed by atoms with E-state index in [2.05, 4.69) is 15.0 Å². The van der Waals surface area contributed by atoms with Crippen molar-refractivity contribution in [3.63, 3.8) is 0 Å². The van der Waals surface area contributed by atoms with Gasteiger partial charge < -0.3 is 5.11 Å². The van der Waals surface area contributed by atoms with Crippen LogP contribution in [0.3, 0.4) is 0 Å². The van der Waals surface area contributed by atoms with Gasteiger partial charge in [-0.05, 0) is 37.7 Å². The summed E-state index contributed by atoms with van der Waals surface area (Å²) in [5.74, 6) is 0. The second-order valence-electron chi connectivity index (χ2n) is 3.66. The maximum absolute atomic E-state index is 9.64. The molecule has 0 radical (unpaired) electrons. The molecule has 1 atom stereocenters. The summed E-state index contributed by atoms with van der Waals surface area (Å²) in [5, 5.41) is 11.0. The monoisotopic (exact) mass is 247 g/mol. The van der Waals surface area contributed by atoms with Crippen LogP contribution in [-0.4, -0.2) is 20.1 Å². The van der Waals surface area contributed by atoms with Gasteiger partial charge in [-0.1, -0.05) is 6.07 Å². The summed E-state index contributed by atoms with van der Waals surface area (Å²) in [6.07, 6.45) is 2.87. The number of aliphatic hydroxyl groups excluding tert-OH is 1. The Morgan fingerprint density at radius 1 is 1.24 bits per heavy atom. The molecule has 17 heavy (non-hydrogen) atoms. The first kappa shape index (κ1) is 12.0. The summed E-state index contributed by atoms with van der Waals surface area (Å²) in [4.78, 5) is 12.7. The van der Waals surface area contributed by atoms with Gasteiger partial charge in [0.15, 0.2) is 5.16 Å². The Labute approximate surface area is 104 Å². The van der Waals surface area contributed by atoms with Gasteiger partial charge in [0, 0.05) is 23.7 Å². The first-order valence-electron chi connectivity index (χ1n) is 5.27. The van der Waals surface area contributed by atoms with Crippen LogP contribution < -0.4 is 0 Å². The molecule has 0 spiro atoms. The van der Waals surface area contributed by atoms with Gasteiger partial charge in [-0.2, -0.15) is 0 Å². The smallest absolute Gasteiger partial charge is 0.194 e. The largest absolute Gasteiger partial charge is 0.389 e. The fourth-order valence-electron chi connectivity index (χ4n) is 1.37. The van der Waals surface area contributed by atoms with Crippen LogP contribution in [0.5, 0.6) is 0 Å². The summed E-state index contributed by atoms with van der Waals surface area (Å²) in [6, 6.07) is 5.51. The number of aromatic nitrogens is 3. The van der Waals surface area contributed by atoms with E-state index in [9.17, 15) is 5.11 Å². The lowest BCUT2D eigenvalue weighted by Gasteiger charge is -2.09. The predicted octanol–water partition coefficient (Wildman–Crippen LogP) is 2.38. The van der Waals surface area contributed by atoms with Crippen LogP contribution >= 0.6 is 11.8 Å². The molecule has 0 fully saturated rings. The molecular formula is C12H13N3OS. The lowest BCUT2D eigenvalue weighted by Crippen LogP contribution is -1.97. The molecule has 0 bridgehead atoms. The number of rotatable bonds is 3. The van der Waals surface area contributed by atoms with Crippen molar-refractivity contribution in [2.75, 3.05) is 0 Å². The molecule has 0 aliphatic carbocycles. The zero-order valence-electron chi connectivity index (χ0n) is 9.66. The molecule has 2 aromatic rings. The molecule has 0 saturated carbocycles. The average molecular weight is 247 g/mol. The van der Waals surface area contributed by atoms with Gasteiger partial charge >= 0.3 is 0 Å². The first-order chi connectivity index (χ1) is 8.16. The van der Waals surface area contributed by atoms with E-state index in [0.717, 1.165) is 16.3 Å². The summed E-state index contributed by atoms with van der Waals surface area (Å²) < 4.78 is 0. The van der Waals surface area contributed by atoms with Crippen LogP contribution in [0.15, 0.2) is 40.8 Å². The number of hydrogen-bond acceptors (Lipinski definition) is 5. The Kier molecular flexibility index (Phi) is 3.71. The summed E-state index contributed by atoms with van der Waals surface area (Å²) in [5.41, 5.74) is 1.71. The molecule has 4 nitrogen and oxygen atoms in total. The zero-order chi connectivity index (χ0) is 12.3. The fourth-order valence-corrected chi connectivity index (χ4v) is 2.31. The number of aliphatic hydroxyl groups is 1. The Morgan fingerprint density at radius 3 is 2.76 bits per heavy atom. The van der Waals surface area contributed by atoms with Crippen LogP contribution in [-0.2, 0) is 0 Å². The fraction of sp³-hybridized carbons (Fsp3) is 0.250. The SMILES string of the molecule is Cc1ccnc(Sc2ncccc2[C@@H](C)O)n1. The van der Waals surface area contributed by atoms with Crippen molar-refractivity contribution in [1.82, 2.24) is 15.0 Å². The quantitative estimate of drug-likeness (QED) is 0.844. The Balaban J connectivity index is 2.30. The highest BCUT2D eigenvalue weighted by Crippen LogP contribution is 2.28. The number of nitrogens with zero attached hydrogens (tertiary/aromatic N) is 3. The molecule has 0 unspecified atom stereocenters. The predicted molar refractivity (Wildman–Crippen MR) is 65.8 cm³/mol. The highest BCUT2D eigenvalue weighted by Gasteiger charge is 2.11. The zero-order valence-corrected chi connectivity index (χ0v) is 10.5. The lowest BCUT2D eigenvalue weighted by molar-refractivity contribution is 0.195. The third kappa shape index (κ3) is 3.01. The van der Waals surface area contributed by atoms with Crippen molar-refractivity contribution in [2.45, 2.75) is 30.1 Å². The second-order valence-corrected chi connectivity index (χ2v) is 4.61. The van der Waals surface area contributed by atoms with Gasteiger partial charge in [0.1, 0.15) is 5.03 Å². The van der Waals surface area contributed by atoms with Crippen LogP contribution in [0.1, 0.15) is 24.3 Å². The molecule has 5 heteroatoms. The van der Waals surface area contributed by atoms with Crippen molar-refractivity contribution in [1.29, 1.82) is 0 Å². The topological polar surface area (TPSA) is 58.9 Å². The molecule has 0 saturated heterocycles. The second kappa shape index (κ2) is 5.25. The van der Waals surface area contributed by atoms with E-state index in [1.165, 1.54) is 11.8 Å². The van der Waals surface area contributed by atoms with E-state index >= 15 is 0 Å². The van der Waals surface area contributed by atoms with Gasteiger partial charge in [-0.25, -0.2) is 15.0 Å². The third-order valence-electron chi connectivity index (χ3n) is 2.21. The van der Waals surface area contributed by atoms with Gasteiger partial charge in [-0.3, -0.25) is 0 Å². The molecule has 0 aliphatic heterocycles. The van der Waals surface area contributed by atoms with Gasteiger partial charge in [0.2, 0.25) is 0 Å². The number of aryl methyl sites for hydroxylation is 1. The minimum atomic E-state index is -0.545. The Bertz CT molecular complexity index is 517. The highest BCUT2D eigenvalue weighted by atomic mass is 32.2. The van der Waals surface area contributed by atoms with Gasteiger partial charge in [0.25, 0.3) is 0 Å². The first-order valence-corrected chi connectivity index (χ1v) is 6.09. The van der Waals surface area contributed by atoms with Crippen LogP contribution in [0.2, 0.25) is 0 Å². The minimum absolute atomic E-state index is 0.545. The molecule has 0 amide bonds. The van der Waals surface area contributed by atoms with Crippen LogP contribution in [0, 0.1) is 6.92 Å². The molecular weight excluding hydrogens is 234 g/mol. The number of hydrogen-bond donors (Lipinski definition) is 1. The van der Waals surface area contributed by atoms with Gasteiger partial charge in [0.05, 0.1) is 6.10 Å². The third-order valence-corrected chi connectivity index (χ3v) is 3.13. The molecule has 1 N–H and O–H groups in total. The molecule has 0 aliphatic rings. The summed E-state index contributed by atoms with van der Waals surface area (Å²) >= 11 is 1.36. The lowest BCUT2D eigenvalue weighted by atomic mass is 10.2. The van der Waals surface area contributed by atoms with Crippen molar-refractivity contribution in [2.24, 2.45) is 0 Å². The van der Waals surface area contributed by atoms with E-state index in [1.54, 1.807) is 19.3 Å². The van der Waals surface area contributed by atoms with Gasteiger partial charge in [-0.15, -0.1) is 0 Å². The van der Waals surface area contributed by atoms with Crippen molar-refractivity contribution in [3.8, 4) is 0 Å². The number of pyridine rings is 1. The maximum atomic E-state index is 9.64. The van der Waals surface area contributed by atoms with Crippen LogP contribution in [0.4, 0.5) is 0 Å². The Hall–Kier alpha value is -1.46. The average Bonchev–Trinajstić information content (AvgIpc) is 2.29. The summed E-state index contributed by atoms with van der Waals surface area (Å²) in [7, 11) is 0. The van der Waals surface area contributed by atoms with E-state index in [1.807, 2.05) is 25.1 Å². The standard InChI is InChI=1S/C12H13N3OS/c1-8-5-7-14-12(15-8)17-11-10(9(2)16)4-3-6-13-11/h3-7,9,16H,1-2H3/t9-/m1/s1. The molecule has 88 valence electrons. The summed E-state index contributed by atoms with van der Waals surface area (Å²) in [6.45, 7) is 3.64. The maximum Gasteiger partial charge on any atom is 0.194 e. The van der Waals surface area contributed by atoms with Crippen molar-refractivity contribution < 1.29 is 5.11 Å². The highest BCUT2D eigenvalue weighted by molar-refractivity contribution is 7.99. The minimum Gasteiger partial charge on any atom is -0.389 e. The van der Waals surface area contributed by atoms with E-state index in [-0.39, 0.29) is 0 Å². The van der Waals surface area contributed by atoms with Crippen molar-refractivity contribution in [3.05, 3.63) is 41.9 Å². The van der Waals surface area contributed by atoms with Crippen molar-refractivity contribution >= 4 is 11.8 Å². The molecule has 2 aromatic heterocycles. The normalized spacial score (nSPS) is 12.4. The molecule has 2 heterocycles.